The number of rotatable bonds is 6. The van der Waals surface area contributed by atoms with Gasteiger partial charge < -0.3 is 9.15 Å². The highest BCUT2D eigenvalue weighted by Gasteiger charge is 2.20. The van der Waals surface area contributed by atoms with Crippen molar-refractivity contribution in [1.29, 1.82) is 0 Å². The maximum Gasteiger partial charge on any atom is 0.311 e. The van der Waals surface area contributed by atoms with E-state index < -0.39 is 0 Å². The molecule has 4 nitrogen and oxygen atoms in total. The van der Waals surface area contributed by atoms with Crippen molar-refractivity contribution in [2.75, 3.05) is 12.3 Å². The quantitative estimate of drug-likeness (QED) is 0.507. The van der Waals surface area contributed by atoms with Crippen molar-refractivity contribution in [3.05, 3.63) is 47.9 Å². The number of carbonyl (C=O) groups is 1. The Labute approximate surface area is 152 Å². The molecule has 0 atom stereocenters. The minimum Gasteiger partial charge on any atom is -0.469 e. The van der Waals surface area contributed by atoms with Gasteiger partial charge in [-0.2, -0.15) is 0 Å². The lowest BCUT2D eigenvalue weighted by molar-refractivity contribution is -0.139. The van der Waals surface area contributed by atoms with E-state index in [1.807, 2.05) is 57.2 Å². The standard InChI is InChI=1S/C16H16ClNO3S.C2H6/c1-3-13(22-10-17)15-12(9-14(19)20-2)18-16(21-15)11-7-5-4-6-8-11;1-2/h3-8H,9-10H2,1-2H3;1-2H3/b13-3-;. The number of allylic oxidation sites excluding steroid dienone is 1. The van der Waals surface area contributed by atoms with Crippen LogP contribution in [0.2, 0.25) is 0 Å². The molecule has 2 rings (SSSR count). The summed E-state index contributed by atoms with van der Waals surface area (Å²) in [7, 11) is 1.35. The number of methoxy groups -OCH3 is 1. The first-order valence-corrected chi connectivity index (χ1v) is 9.19. The number of benzene rings is 1. The van der Waals surface area contributed by atoms with Crippen LogP contribution in [-0.4, -0.2) is 23.3 Å². The highest BCUT2D eigenvalue weighted by Crippen LogP contribution is 2.34. The fraction of sp³-hybridized carbons (Fsp3) is 0.333. The van der Waals surface area contributed by atoms with Gasteiger partial charge in [0, 0.05) is 10.5 Å². The van der Waals surface area contributed by atoms with Crippen molar-refractivity contribution in [3.8, 4) is 11.5 Å². The Kier molecular flexibility index (Phi) is 9.27. The van der Waals surface area contributed by atoms with E-state index in [9.17, 15) is 4.79 Å². The first-order chi connectivity index (χ1) is 11.7. The van der Waals surface area contributed by atoms with Gasteiger partial charge in [0.2, 0.25) is 5.89 Å². The molecule has 0 fully saturated rings. The molecule has 1 aromatic carbocycles. The summed E-state index contributed by atoms with van der Waals surface area (Å²) in [4.78, 5) is 16.9. The molecule has 0 bridgehead atoms. The van der Waals surface area contributed by atoms with E-state index in [1.54, 1.807) is 0 Å². The first-order valence-electron chi connectivity index (χ1n) is 7.67. The van der Waals surface area contributed by atoms with Gasteiger partial charge in [0.15, 0.2) is 5.76 Å². The molecule has 1 aromatic heterocycles. The van der Waals surface area contributed by atoms with Crippen LogP contribution in [0.5, 0.6) is 0 Å². The van der Waals surface area contributed by atoms with Crippen LogP contribution in [0.15, 0.2) is 40.8 Å². The third-order valence-corrected chi connectivity index (χ3v) is 4.12. The summed E-state index contributed by atoms with van der Waals surface area (Å²) < 4.78 is 10.6. The zero-order chi connectivity index (χ0) is 17.9. The zero-order valence-corrected chi connectivity index (χ0v) is 15.9. The van der Waals surface area contributed by atoms with E-state index in [2.05, 4.69) is 4.98 Å². The summed E-state index contributed by atoms with van der Waals surface area (Å²) in [6, 6.07) is 9.54. The van der Waals surface area contributed by atoms with Gasteiger partial charge in [-0.1, -0.05) is 38.1 Å². The normalized spacial score (nSPS) is 10.8. The topological polar surface area (TPSA) is 52.3 Å². The van der Waals surface area contributed by atoms with Gasteiger partial charge in [-0.25, -0.2) is 4.98 Å². The van der Waals surface area contributed by atoms with Crippen molar-refractivity contribution < 1.29 is 13.9 Å². The van der Waals surface area contributed by atoms with Gasteiger partial charge >= 0.3 is 5.97 Å². The number of oxazole rings is 1. The molecule has 0 saturated carbocycles. The molecule has 2 aromatic rings. The van der Waals surface area contributed by atoms with E-state index in [0.717, 1.165) is 10.5 Å². The SMILES string of the molecule is C/C=C(\SCCl)c1oc(-c2ccccc2)nc1CC(=O)OC.CC. The van der Waals surface area contributed by atoms with Crippen molar-refractivity contribution in [2.45, 2.75) is 27.2 Å². The number of carbonyl (C=O) groups excluding carboxylic acids is 1. The van der Waals surface area contributed by atoms with E-state index in [4.69, 9.17) is 20.8 Å². The fourth-order valence-corrected chi connectivity index (χ4v) is 2.84. The van der Waals surface area contributed by atoms with Crippen LogP contribution in [0.1, 0.15) is 32.2 Å². The summed E-state index contributed by atoms with van der Waals surface area (Å²) in [6.07, 6.45) is 1.95. The van der Waals surface area contributed by atoms with Crippen LogP contribution in [0.3, 0.4) is 0 Å². The number of thioether (sulfide) groups is 1. The third-order valence-electron chi connectivity index (χ3n) is 2.95. The molecule has 130 valence electrons. The minimum absolute atomic E-state index is 0.0579. The lowest BCUT2D eigenvalue weighted by atomic mass is 10.2. The Balaban J connectivity index is 0.00000139. The lowest BCUT2D eigenvalue weighted by Crippen LogP contribution is -2.06. The Morgan fingerprint density at radius 1 is 1.33 bits per heavy atom. The van der Waals surface area contributed by atoms with Gasteiger partial charge in [-0.15, -0.1) is 23.4 Å². The van der Waals surface area contributed by atoms with Crippen LogP contribution in [0.4, 0.5) is 0 Å². The van der Waals surface area contributed by atoms with Crippen molar-refractivity contribution in [2.24, 2.45) is 0 Å². The van der Waals surface area contributed by atoms with Crippen LogP contribution in [-0.2, 0) is 16.0 Å². The van der Waals surface area contributed by atoms with Crippen LogP contribution in [0.25, 0.3) is 16.4 Å². The van der Waals surface area contributed by atoms with Crippen LogP contribution in [0, 0.1) is 0 Å². The molecule has 0 aliphatic carbocycles. The number of esters is 1. The average Bonchev–Trinajstić information content (AvgIpc) is 3.05. The summed E-state index contributed by atoms with van der Waals surface area (Å²) in [5, 5.41) is 0.388. The van der Waals surface area contributed by atoms with E-state index in [1.165, 1.54) is 18.9 Å². The number of halogens is 1. The van der Waals surface area contributed by atoms with Gasteiger partial charge in [0.25, 0.3) is 0 Å². The van der Waals surface area contributed by atoms with Gasteiger partial charge in [-0.05, 0) is 19.1 Å². The summed E-state index contributed by atoms with van der Waals surface area (Å²) in [6.45, 7) is 5.89. The van der Waals surface area contributed by atoms with Crippen molar-refractivity contribution >= 4 is 34.2 Å². The Morgan fingerprint density at radius 3 is 2.54 bits per heavy atom. The van der Waals surface area contributed by atoms with Crippen molar-refractivity contribution in [3.63, 3.8) is 0 Å². The van der Waals surface area contributed by atoms with Gasteiger partial charge in [0.05, 0.1) is 24.4 Å². The number of alkyl halides is 1. The molecule has 24 heavy (non-hydrogen) atoms. The van der Waals surface area contributed by atoms with Gasteiger partial charge in [-0.3, -0.25) is 4.79 Å². The molecule has 0 aliphatic heterocycles. The smallest absolute Gasteiger partial charge is 0.311 e. The number of ether oxygens (including phenoxy) is 1. The van der Waals surface area contributed by atoms with E-state index >= 15 is 0 Å². The second-order valence-electron chi connectivity index (χ2n) is 4.32. The zero-order valence-electron chi connectivity index (χ0n) is 14.3. The maximum absolute atomic E-state index is 11.6. The summed E-state index contributed by atoms with van der Waals surface area (Å²) >= 11 is 7.23. The summed E-state index contributed by atoms with van der Waals surface area (Å²) in [5.74, 6) is 0.682. The molecule has 1 heterocycles. The number of aromatic nitrogens is 1. The molecule has 0 radical (unpaired) electrons. The largest absolute Gasteiger partial charge is 0.469 e. The summed E-state index contributed by atoms with van der Waals surface area (Å²) in [5.41, 5.74) is 1.41. The minimum atomic E-state index is -0.361. The molecular formula is C18H22ClNO3S. The number of hydrogen-bond donors (Lipinski definition) is 0. The van der Waals surface area contributed by atoms with E-state index in [-0.39, 0.29) is 12.4 Å². The van der Waals surface area contributed by atoms with Crippen LogP contribution < -0.4 is 0 Å². The first kappa shape index (κ1) is 20.3. The molecule has 0 N–H and O–H groups in total. The molecule has 0 saturated heterocycles. The molecule has 0 amide bonds. The van der Waals surface area contributed by atoms with Crippen LogP contribution >= 0.6 is 23.4 Å². The second kappa shape index (κ2) is 10.9. The molecule has 0 aliphatic rings. The lowest BCUT2D eigenvalue weighted by Gasteiger charge is -2.03. The Morgan fingerprint density at radius 2 is 2.00 bits per heavy atom. The highest BCUT2D eigenvalue weighted by atomic mass is 35.5. The molecule has 6 heteroatoms. The molecule has 0 spiro atoms. The third kappa shape index (κ3) is 5.42. The predicted octanol–water partition coefficient (Wildman–Crippen LogP) is 5.37. The van der Waals surface area contributed by atoms with E-state index in [0.29, 0.717) is 22.6 Å². The number of hydrogen-bond acceptors (Lipinski definition) is 5. The Bertz CT molecular complexity index is 668. The Hall–Kier alpha value is -1.72. The molecular weight excluding hydrogens is 346 g/mol. The highest BCUT2D eigenvalue weighted by molar-refractivity contribution is 8.09. The predicted molar refractivity (Wildman–Crippen MR) is 101 cm³/mol. The number of nitrogens with zero attached hydrogens (tertiary/aromatic N) is 1. The monoisotopic (exact) mass is 367 g/mol. The second-order valence-corrected chi connectivity index (χ2v) is 5.92. The average molecular weight is 368 g/mol. The maximum atomic E-state index is 11.6. The van der Waals surface area contributed by atoms with Gasteiger partial charge in [0.1, 0.15) is 0 Å². The van der Waals surface area contributed by atoms with Crippen molar-refractivity contribution in [1.82, 2.24) is 4.98 Å². The fourth-order valence-electron chi connectivity index (χ4n) is 1.92. The molecule has 0 unspecified atom stereocenters.